The Morgan fingerprint density at radius 2 is 2.12 bits per heavy atom. The summed E-state index contributed by atoms with van der Waals surface area (Å²) in [7, 11) is 1.90. The van der Waals surface area contributed by atoms with Crippen molar-refractivity contribution in [2.24, 2.45) is 7.05 Å². The highest BCUT2D eigenvalue weighted by molar-refractivity contribution is 5.86. The third kappa shape index (κ3) is 3.47. The van der Waals surface area contributed by atoms with Crippen LogP contribution in [0.4, 0.5) is 0 Å². The number of nitrogens with one attached hydrogen (secondary N) is 1. The Hall–Kier alpha value is -2.51. The second-order valence-electron chi connectivity index (χ2n) is 6.34. The van der Waals surface area contributed by atoms with Gasteiger partial charge in [-0.1, -0.05) is 0 Å². The lowest BCUT2D eigenvalue weighted by Gasteiger charge is -2.28. The van der Waals surface area contributed by atoms with Crippen LogP contribution >= 0.6 is 0 Å². The fourth-order valence-corrected chi connectivity index (χ4v) is 3.04. The van der Waals surface area contributed by atoms with Gasteiger partial charge in [0.1, 0.15) is 24.0 Å². The molecule has 0 saturated carbocycles. The van der Waals surface area contributed by atoms with Crippen molar-refractivity contribution in [1.82, 2.24) is 25.1 Å². The molecule has 2 atom stereocenters. The van der Waals surface area contributed by atoms with Crippen LogP contribution in [0.15, 0.2) is 36.9 Å². The highest BCUT2D eigenvalue weighted by atomic mass is 16.5. The smallest absolute Gasteiger partial charge is 0.147 e. The van der Waals surface area contributed by atoms with Crippen LogP contribution in [0.25, 0.3) is 22.2 Å². The molecule has 0 radical (unpaired) electrons. The first-order valence-corrected chi connectivity index (χ1v) is 8.42. The number of benzene rings is 1. The summed E-state index contributed by atoms with van der Waals surface area (Å²) < 4.78 is 13.8. The van der Waals surface area contributed by atoms with Gasteiger partial charge >= 0.3 is 0 Å². The monoisotopic (exact) mass is 339 g/mol. The van der Waals surface area contributed by atoms with E-state index in [4.69, 9.17) is 9.47 Å². The topological polar surface area (TPSA) is 74.1 Å². The second-order valence-corrected chi connectivity index (χ2v) is 6.34. The van der Waals surface area contributed by atoms with E-state index in [1.165, 1.54) is 0 Å². The van der Waals surface area contributed by atoms with Gasteiger partial charge in [-0.05, 0) is 24.6 Å². The molecule has 1 saturated heterocycles. The van der Waals surface area contributed by atoms with Crippen molar-refractivity contribution in [3.8, 4) is 16.9 Å². The lowest BCUT2D eigenvalue weighted by Crippen LogP contribution is -2.45. The maximum Gasteiger partial charge on any atom is 0.147 e. The SMILES string of the molecule is C[C@@H]1CNC[C@@H](COc2cc(-c3cnn(C)c3)cc3nccnc23)O1. The lowest BCUT2D eigenvalue weighted by atomic mass is 10.1. The van der Waals surface area contributed by atoms with Gasteiger partial charge in [0.25, 0.3) is 0 Å². The van der Waals surface area contributed by atoms with E-state index in [1.54, 1.807) is 17.1 Å². The van der Waals surface area contributed by atoms with Gasteiger partial charge in [0.05, 0.1) is 17.8 Å². The minimum atomic E-state index is 0.0255. The summed E-state index contributed by atoms with van der Waals surface area (Å²) in [5.41, 5.74) is 3.58. The Kier molecular flexibility index (Phi) is 4.33. The van der Waals surface area contributed by atoms with Crippen molar-refractivity contribution < 1.29 is 9.47 Å². The first-order chi connectivity index (χ1) is 12.2. The standard InChI is InChI=1S/C18H21N5O2/c1-12-7-19-9-15(25-12)11-24-17-6-13(14-8-22-23(2)10-14)5-16-18(17)21-4-3-20-16/h3-6,8,10,12,15,19H,7,9,11H2,1-2H3/t12-,15+/m1/s1. The van der Waals surface area contributed by atoms with E-state index in [2.05, 4.69) is 27.3 Å². The molecule has 1 aliphatic rings. The molecule has 7 heteroatoms. The summed E-state index contributed by atoms with van der Waals surface area (Å²) >= 11 is 0. The molecule has 0 amide bonds. The van der Waals surface area contributed by atoms with Gasteiger partial charge in [-0.15, -0.1) is 0 Å². The van der Waals surface area contributed by atoms with E-state index in [0.29, 0.717) is 12.4 Å². The van der Waals surface area contributed by atoms with Crippen LogP contribution in [0.3, 0.4) is 0 Å². The molecule has 4 rings (SSSR count). The second kappa shape index (κ2) is 6.78. The van der Waals surface area contributed by atoms with Gasteiger partial charge in [-0.2, -0.15) is 5.10 Å². The molecular formula is C18H21N5O2. The number of ether oxygens (including phenoxy) is 2. The number of rotatable bonds is 4. The van der Waals surface area contributed by atoms with E-state index in [1.807, 2.05) is 31.6 Å². The largest absolute Gasteiger partial charge is 0.488 e. The van der Waals surface area contributed by atoms with Crippen molar-refractivity contribution >= 4 is 11.0 Å². The molecule has 1 aromatic carbocycles. The van der Waals surface area contributed by atoms with Crippen molar-refractivity contribution in [2.75, 3.05) is 19.7 Å². The van der Waals surface area contributed by atoms with Crippen LogP contribution in [-0.2, 0) is 11.8 Å². The van der Waals surface area contributed by atoms with Crippen molar-refractivity contribution in [3.05, 3.63) is 36.9 Å². The Bertz CT molecular complexity index is 879. The Morgan fingerprint density at radius 1 is 1.24 bits per heavy atom. The summed E-state index contributed by atoms with van der Waals surface area (Å²) in [6, 6.07) is 4.00. The predicted molar refractivity (Wildman–Crippen MR) is 94.4 cm³/mol. The normalized spacial score (nSPS) is 20.7. The molecule has 7 nitrogen and oxygen atoms in total. The fraction of sp³-hybridized carbons (Fsp3) is 0.389. The molecule has 25 heavy (non-hydrogen) atoms. The maximum atomic E-state index is 6.08. The van der Waals surface area contributed by atoms with Gasteiger partial charge in [0, 0.05) is 44.3 Å². The Labute approximate surface area is 146 Å². The van der Waals surface area contributed by atoms with Crippen molar-refractivity contribution in [2.45, 2.75) is 19.1 Å². The quantitative estimate of drug-likeness (QED) is 0.781. The van der Waals surface area contributed by atoms with Crippen LogP contribution in [0.5, 0.6) is 5.75 Å². The summed E-state index contributed by atoms with van der Waals surface area (Å²) in [5, 5.41) is 7.60. The zero-order valence-electron chi connectivity index (χ0n) is 14.3. The van der Waals surface area contributed by atoms with E-state index in [0.717, 1.165) is 35.2 Å². The third-order valence-electron chi connectivity index (χ3n) is 4.23. The molecular weight excluding hydrogens is 318 g/mol. The Morgan fingerprint density at radius 3 is 2.92 bits per heavy atom. The molecule has 3 aromatic rings. The summed E-state index contributed by atoms with van der Waals surface area (Å²) in [5.74, 6) is 0.714. The predicted octanol–water partition coefficient (Wildman–Crippen LogP) is 1.79. The third-order valence-corrected chi connectivity index (χ3v) is 4.23. The number of aromatic nitrogens is 4. The summed E-state index contributed by atoms with van der Waals surface area (Å²) in [4.78, 5) is 8.86. The van der Waals surface area contributed by atoms with E-state index < -0.39 is 0 Å². The summed E-state index contributed by atoms with van der Waals surface area (Å²) in [6.45, 7) is 4.19. The van der Waals surface area contributed by atoms with Crippen LogP contribution in [0.1, 0.15) is 6.92 Å². The molecule has 0 unspecified atom stereocenters. The fourth-order valence-electron chi connectivity index (χ4n) is 3.04. The van der Waals surface area contributed by atoms with Gasteiger partial charge in [0.15, 0.2) is 0 Å². The first kappa shape index (κ1) is 16.0. The molecule has 2 aromatic heterocycles. The van der Waals surface area contributed by atoms with Gasteiger partial charge in [-0.3, -0.25) is 9.67 Å². The van der Waals surface area contributed by atoms with Crippen LogP contribution < -0.4 is 10.1 Å². The number of fused-ring (bicyclic) bond motifs is 1. The van der Waals surface area contributed by atoms with Crippen LogP contribution in [0.2, 0.25) is 0 Å². The zero-order valence-corrected chi connectivity index (χ0v) is 14.3. The van der Waals surface area contributed by atoms with Gasteiger partial charge < -0.3 is 14.8 Å². The van der Waals surface area contributed by atoms with Crippen LogP contribution in [0, 0.1) is 0 Å². The molecule has 1 aliphatic heterocycles. The average Bonchev–Trinajstić information content (AvgIpc) is 3.06. The highest BCUT2D eigenvalue weighted by Crippen LogP contribution is 2.30. The molecule has 3 heterocycles. The van der Waals surface area contributed by atoms with Crippen LogP contribution in [-0.4, -0.2) is 51.7 Å². The lowest BCUT2D eigenvalue weighted by molar-refractivity contribution is -0.0468. The first-order valence-electron chi connectivity index (χ1n) is 8.42. The maximum absolute atomic E-state index is 6.08. The van der Waals surface area contributed by atoms with Crippen molar-refractivity contribution in [3.63, 3.8) is 0 Å². The molecule has 1 N–H and O–H groups in total. The molecule has 0 aliphatic carbocycles. The number of hydrogen-bond acceptors (Lipinski definition) is 6. The zero-order chi connectivity index (χ0) is 17.2. The minimum Gasteiger partial charge on any atom is -0.488 e. The number of aryl methyl sites for hydroxylation is 1. The highest BCUT2D eigenvalue weighted by Gasteiger charge is 2.20. The summed E-state index contributed by atoms with van der Waals surface area (Å²) in [6.07, 6.45) is 7.39. The molecule has 1 fully saturated rings. The van der Waals surface area contributed by atoms with Crippen molar-refractivity contribution in [1.29, 1.82) is 0 Å². The van der Waals surface area contributed by atoms with E-state index >= 15 is 0 Å². The van der Waals surface area contributed by atoms with Gasteiger partial charge in [-0.25, -0.2) is 4.98 Å². The Balaban J connectivity index is 1.64. The van der Waals surface area contributed by atoms with E-state index in [-0.39, 0.29) is 12.2 Å². The molecule has 130 valence electrons. The van der Waals surface area contributed by atoms with E-state index in [9.17, 15) is 0 Å². The average molecular weight is 339 g/mol. The van der Waals surface area contributed by atoms with Gasteiger partial charge in [0.2, 0.25) is 0 Å². The molecule has 0 bridgehead atoms. The number of morpholine rings is 1. The minimum absolute atomic E-state index is 0.0255. The molecule has 0 spiro atoms. The number of hydrogen-bond donors (Lipinski definition) is 1. The number of nitrogens with zero attached hydrogens (tertiary/aromatic N) is 4.